The van der Waals surface area contributed by atoms with E-state index in [1.165, 1.54) is 0 Å². The second-order valence-corrected chi connectivity index (χ2v) is 9.57. The molecule has 35 heavy (non-hydrogen) atoms. The van der Waals surface area contributed by atoms with Crippen LogP contribution < -0.4 is 10.2 Å². The smallest absolute Gasteiger partial charge is 0.262 e. The van der Waals surface area contributed by atoms with E-state index in [0.717, 1.165) is 36.6 Å². The molecule has 1 unspecified atom stereocenters. The number of fused-ring (bicyclic) bond motifs is 1. The summed E-state index contributed by atoms with van der Waals surface area (Å²) in [6.45, 7) is 7.63. The van der Waals surface area contributed by atoms with Gasteiger partial charge in [-0.05, 0) is 31.5 Å². The van der Waals surface area contributed by atoms with Gasteiger partial charge in [0.1, 0.15) is 11.6 Å². The molecular weight excluding hydrogens is 454 g/mol. The van der Waals surface area contributed by atoms with Crippen molar-refractivity contribution in [3.05, 3.63) is 29.3 Å². The lowest BCUT2D eigenvalue weighted by Gasteiger charge is -2.53. The normalized spacial score (nSPS) is 24.4. The van der Waals surface area contributed by atoms with Crippen LogP contribution in [0.15, 0.2) is 18.2 Å². The lowest BCUT2D eigenvalue weighted by atomic mass is 9.91. The van der Waals surface area contributed by atoms with E-state index >= 15 is 0 Å². The number of anilines is 1. The first kappa shape index (κ1) is 23.4. The summed E-state index contributed by atoms with van der Waals surface area (Å²) >= 11 is 0. The van der Waals surface area contributed by atoms with E-state index in [1.54, 1.807) is 17.0 Å². The number of ether oxygens (including phenoxy) is 1. The van der Waals surface area contributed by atoms with Crippen molar-refractivity contribution in [1.29, 1.82) is 0 Å². The molecule has 5 rings (SSSR count). The molecule has 11 heteroatoms. The molecule has 3 saturated heterocycles. The molecule has 1 N–H and O–H groups in total. The van der Waals surface area contributed by atoms with Crippen molar-refractivity contribution in [2.45, 2.75) is 31.4 Å². The van der Waals surface area contributed by atoms with Crippen molar-refractivity contribution in [2.75, 3.05) is 57.3 Å². The molecule has 1 atom stereocenters. The highest BCUT2D eigenvalue weighted by Gasteiger charge is 2.48. The second-order valence-electron chi connectivity index (χ2n) is 9.57. The number of hydrogen-bond acceptors (Lipinski definition) is 8. The van der Waals surface area contributed by atoms with Gasteiger partial charge in [-0.2, -0.15) is 0 Å². The Hall–Kier alpha value is -3.31. The Kier molecular flexibility index (Phi) is 6.06. The van der Waals surface area contributed by atoms with Crippen LogP contribution in [0.3, 0.4) is 0 Å². The summed E-state index contributed by atoms with van der Waals surface area (Å²) in [6.07, 6.45) is 1.11. The second kappa shape index (κ2) is 9.04. The third-order valence-corrected chi connectivity index (χ3v) is 7.26. The molecule has 1 aromatic carbocycles. The summed E-state index contributed by atoms with van der Waals surface area (Å²) in [5.41, 5.74) is 1.02. The van der Waals surface area contributed by atoms with Gasteiger partial charge >= 0.3 is 0 Å². The average molecular weight is 484 g/mol. The molecule has 0 saturated carbocycles. The van der Waals surface area contributed by atoms with Crippen molar-refractivity contribution >= 4 is 35.7 Å². The number of carbonyl (C=O) groups excluding carboxylic acids is 5. The average Bonchev–Trinajstić information content (AvgIpc) is 3.07. The van der Waals surface area contributed by atoms with Gasteiger partial charge in [-0.15, -0.1) is 0 Å². The van der Waals surface area contributed by atoms with Gasteiger partial charge in [0.05, 0.1) is 24.2 Å². The molecule has 4 heterocycles. The minimum Gasteiger partial charge on any atom is -0.370 e. The van der Waals surface area contributed by atoms with Crippen molar-refractivity contribution in [1.82, 2.24) is 20.0 Å². The number of piperidine rings is 1. The lowest BCUT2D eigenvalue weighted by Crippen LogP contribution is -2.68. The van der Waals surface area contributed by atoms with Crippen LogP contribution in [0, 0.1) is 0 Å². The Morgan fingerprint density at radius 1 is 1.06 bits per heavy atom. The van der Waals surface area contributed by atoms with Gasteiger partial charge in [-0.25, -0.2) is 0 Å². The third kappa shape index (κ3) is 4.19. The Bertz CT molecular complexity index is 1080. The van der Waals surface area contributed by atoms with Crippen LogP contribution in [0.25, 0.3) is 0 Å². The third-order valence-electron chi connectivity index (χ3n) is 7.26. The highest BCUT2D eigenvalue weighted by atomic mass is 16.5. The largest absolute Gasteiger partial charge is 0.370 e. The molecule has 0 aromatic heterocycles. The maximum Gasteiger partial charge on any atom is 0.262 e. The maximum absolute atomic E-state index is 13.1. The zero-order valence-corrected chi connectivity index (χ0v) is 19.7. The zero-order valence-electron chi connectivity index (χ0n) is 19.7. The fraction of sp³-hybridized carbons (Fsp3) is 0.542. The standard InChI is InChI=1S/C24H29N5O6/c1-2-35-24(12-26-7-9-27(15-30)10-8-26)13-28(14-24)16-3-4-17-18(11-16)23(34)29(22(17)33)19-5-6-20(31)25-21(19)32/h3-4,11,15,19H,2,5-10,12-14H2,1H3,(H,25,31,32). The molecule has 5 amide bonds. The molecule has 0 spiro atoms. The van der Waals surface area contributed by atoms with Gasteiger partial charge in [0.15, 0.2) is 0 Å². The van der Waals surface area contributed by atoms with Gasteiger partial charge in [0, 0.05) is 51.4 Å². The van der Waals surface area contributed by atoms with Gasteiger partial charge in [-0.3, -0.25) is 39.1 Å². The quantitative estimate of drug-likeness (QED) is 0.406. The predicted molar refractivity (Wildman–Crippen MR) is 124 cm³/mol. The number of carbonyl (C=O) groups is 5. The van der Waals surface area contributed by atoms with Crippen LogP contribution in [-0.4, -0.2) is 109 Å². The summed E-state index contributed by atoms with van der Waals surface area (Å²) in [6, 6.07) is 4.19. The molecule has 0 radical (unpaired) electrons. The van der Waals surface area contributed by atoms with Crippen molar-refractivity contribution in [2.24, 2.45) is 0 Å². The molecule has 4 aliphatic heterocycles. The number of amides is 5. The molecule has 186 valence electrons. The SMILES string of the molecule is CCOC1(CN2CCN(C=O)CC2)CN(c2ccc3c(c2)C(=O)N(C2CCC(=O)NC2=O)C3=O)C1. The molecule has 0 bridgehead atoms. The molecule has 3 fully saturated rings. The monoisotopic (exact) mass is 483 g/mol. The van der Waals surface area contributed by atoms with E-state index < -0.39 is 29.7 Å². The summed E-state index contributed by atoms with van der Waals surface area (Å²) < 4.78 is 6.15. The number of piperazine rings is 1. The van der Waals surface area contributed by atoms with Crippen LogP contribution >= 0.6 is 0 Å². The van der Waals surface area contributed by atoms with Crippen LogP contribution in [0.5, 0.6) is 0 Å². The van der Waals surface area contributed by atoms with Crippen LogP contribution in [0.2, 0.25) is 0 Å². The minimum absolute atomic E-state index is 0.0898. The Labute approximate surface area is 202 Å². The van der Waals surface area contributed by atoms with Crippen molar-refractivity contribution < 1.29 is 28.7 Å². The fourth-order valence-electron chi connectivity index (χ4n) is 5.47. The van der Waals surface area contributed by atoms with E-state index in [-0.39, 0.29) is 29.6 Å². The number of benzene rings is 1. The number of hydrogen-bond donors (Lipinski definition) is 1. The Balaban J connectivity index is 1.28. The highest BCUT2D eigenvalue weighted by molar-refractivity contribution is 6.23. The molecule has 11 nitrogen and oxygen atoms in total. The Morgan fingerprint density at radius 2 is 1.77 bits per heavy atom. The Morgan fingerprint density at radius 3 is 2.43 bits per heavy atom. The number of imide groups is 2. The lowest BCUT2D eigenvalue weighted by molar-refractivity contribution is -0.136. The van der Waals surface area contributed by atoms with E-state index in [4.69, 9.17) is 4.74 Å². The van der Waals surface area contributed by atoms with Crippen LogP contribution in [0.1, 0.15) is 40.5 Å². The van der Waals surface area contributed by atoms with Gasteiger partial charge in [0.2, 0.25) is 18.2 Å². The van der Waals surface area contributed by atoms with Gasteiger partial charge in [-0.1, -0.05) is 0 Å². The van der Waals surface area contributed by atoms with Crippen LogP contribution in [0.4, 0.5) is 5.69 Å². The predicted octanol–water partition coefficient (Wildman–Crippen LogP) is -0.543. The number of rotatable bonds is 7. The van der Waals surface area contributed by atoms with Crippen LogP contribution in [-0.2, 0) is 19.1 Å². The van der Waals surface area contributed by atoms with E-state index in [0.29, 0.717) is 32.8 Å². The fourth-order valence-corrected chi connectivity index (χ4v) is 5.47. The van der Waals surface area contributed by atoms with E-state index in [2.05, 4.69) is 15.1 Å². The minimum atomic E-state index is -0.974. The summed E-state index contributed by atoms with van der Waals surface area (Å²) in [7, 11) is 0. The topological polar surface area (TPSA) is 120 Å². The molecule has 4 aliphatic rings. The van der Waals surface area contributed by atoms with E-state index in [1.807, 2.05) is 13.0 Å². The molecule has 1 aromatic rings. The first-order valence-corrected chi connectivity index (χ1v) is 12.0. The summed E-state index contributed by atoms with van der Waals surface area (Å²) in [4.78, 5) is 68.0. The highest BCUT2D eigenvalue weighted by Crippen LogP contribution is 2.35. The van der Waals surface area contributed by atoms with Crippen molar-refractivity contribution in [3.8, 4) is 0 Å². The molecule has 0 aliphatic carbocycles. The zero-order chi connectivity index (χ0) is 24.7. The summed E-state index contributed by atoms with van der Waals surface area (Å²) in [5, 5.41) is 2.21. The van der Waals surface area contributed by atoms with E-state index in [9.17, 15) is 24.0 Å². The van der Waals surface area contributed by atoms with Gasteiger partial charge in [0.25, 0.3) is 11.8 Å². The van der Waals surface area contributed by atoms with Gasteiger partial charge < -0.3 is 14.5 Å². The maximum atomic E-state index is 13.1. The number of nitrogens with one attached hydrogen (secondary N) is 1. The van der Waals surface area contributed by atoms with Crippen molar-refractivity contribution in [3.63, 3.8) is 0 Å². The molecular formula is C24H29N5O6. The first-order valence-electron chi connectivity index (χ1n) is 12.0. The number of nitrogens with zero attached hydrogens (tertiary/aromatic N) is 4. The first-order chi connectivity index (χ1) is 16.8. The summed E-state index contributed by atoms with van der Waals surface area (Å²) in [5.74, 6) is -2.03.